The molecule has 1 atom stereocenters. The highest BCUT2D eigenvalue weighted by Gasteiger charge is 2.38. The van der Waals surface area contributed by atoms with Crippen molar-refractivity contribution < 1.29 is 18.0 Å². The minimum absolute atomic E-state index is 0.00195. The number of carbonyl (C=O) groups excluding carboxylic acids is 1. The number of hydrogen-bond donors (Lipinski definition) is 0. The van der Waals surface area contributed by atoms with Crippen LogP contribution in [0.5, 0.6) is 0 Å². The summed E-state index contributed by atoms with van der Waals surface area (Å²) in [7, 11) is 0. The van der Waals surface area contributed by atoms with E-state index in [0.717, 1.165) is 18.5 Å². The maximum absolute atomic E-state index is 13.2. The minimum Gasteiger partial charge on any atom is -0.342 e. The third-order valence-corrected chi connectivity index (χ3v) is 4.75. The fourth-order valence-electron chi connectivity index (χ4n) is 3.34. The fraction of sp³-hybridized carbons (Fsp3) is 0.588. The predicted molar refractivity (Wildman–Crippen MR) is 80.5 cm³/mol. The van der Waals surface area contributed by atoms with Crippen molar-refractivity contribution in [2.75, 3.05) is 26.2 Å². The van der Waals surface area contributed by atoms with Gasteiger partial charge in [-0.1, -0.05) is 12.1 Å². The fourth-order valence-corrected chi connectivity index (χ4v) is 3.34. The number of carbonyl (C=O) groups is 1. The third-order valence-electron chi connectivity index (χ3n) is 4.75. The Morgan fingerprint density at radius 3 is 2.43 bits per heavy atom. The number of benzene rings is 1. The highest BCUT2D eigenvalue weighted by atomic mass is 19.3. The summed E-state index contributed by atoms with van der Waals surface area (Å²) in [5.41, 5.74) is 1.01. The maximum atomic E-state index is 13.2. The van der Waals surface area contributed by atoms with E-state index < -0.39 is 5.92 Å². The van der Waals surface area contributed by atoms with Crippen LogP contribution in [0.2, 0.25) is 0 Å². The summed E-state index contributed by atoms with van der Waals surface area (Å²) < 4.78 is 39.3. The van der Waals surface area contributed by atoms with Crippen LogP contribution in [0.3, 0.4) is 0 Å². The highest BCUT2D eigenvalue weighted by Crippen LogP contribution is 2.29. The smallest absolute Gasteiger partial charge is 0.251 e. The zero-order chi connectivity index (χ0) is 16.4. The Bertz CT molecular complexity index is 551. The molecule has 3 nitrogen and oxygen atoms in total. The number of alkyl halides is 2. The van der Waals surface area contributed by atoms with Crippen LogP contribution in [0.4, 0.5) is 13.2 Å². The van der Waals surface area contributed by atoms with Crippen LogP contribution in [0.15, 0.2) is 24.3 Å². The monoisotopic (exact) mass is 326 g/mol. The molecule has 23 heavy (non-hydrogen) atoms. The van der Waals surface area contributed by atoms with E-state index in [2.05, 4.69) is 4.90 Å². The first-order valence-electron chi connectivity index (χ1n) is 8.06. The van der Waals surface area contributed by atoms with E-state index in [-0.39, 0.29) is 43.6 Å². The van der Waals surface area contributed by atoms with Gasteiger partial charge in [0.1, 0.15) is 5.82 Å². The number of hydrogen-bond acceptors (Lipinski definition) is 2. The van der Waals surface area contributed by atoms with E-state index in [4.69, 9.17) is 0 Å². The molecular weight excluding hydrogens is 305 g/mol. The van der Waals surface area contributed by atoms with Gasteiger partial charge in [-0.05, 0) is 30.7 Å². The molecule has 2 saturated heterocycles. The van der Waals surface area contributed by atoms with Gasteiger partial charge in [0, 0.05) is 39.0 Å². The molecule has 1 aromatic rings. The first-order valence-corrected chi connectivity index (χ1v) is 8.06. The third kappa shape index (κ3) is 4.05. The topological polar surface area (TPSA) is 23.6 Å². The van der Waals surface area contributed by atoms with Crippen molar-refractivity contribution in [3.63, 3.8) is 0 Å². The molecule has 1 amide bonds. The summed E-state index contributed by atoms with van der Waals surface area (Å²) in [6.07, 6.45) is 0.294. The van der Waals surface area contributed by atoms with Crippen molar-refractivity contribution in [3.8, 4) is 0 Å². The van der Waals surface area contributed by atoms with Crippen molar-refractivity contribution in [3.05, 3.63) is 35.6 Å². The minimum atomic E-state index is -2.62. The lowest BCUT2D eigenvalue weighted by atomic mass is 10.0. The van der Waals surface area contributed by atoms with Crippen molar-refractivity contribution in [1.29, 1.82) is 0 Å². The lowest BCUT2D eigenvalue weighted by Crippen LogP contribution is -2.45. The quantitative estimate of drug-likeness (QED) is 0.853. The van der Waals surface area contributed by atoms with E-state index in [9.17, 15) is 18.0 Å². The Morgan fingerprint density at radius 1 is 1.13 bits per heavy atom. The molecule has 0 aromatic heterocycles. The second kappa shape index (κ2) is 6.51. The molecule has 0 spiro atoms. The van der Waals surface area contributed by atoms with Gasteiger partial charge < -0.3 is 4.90 Å². The number of piperidine rings is 1. The summed E-state index contributed by atoms with van der Waals surface area (Å²) in [4.78, 5) is 16.2. The Labute approximate surface area is 134 Å². The zero-order valence-corrected chi connectivity index (χ0v) is 13.0. The van der Waals surface area contributed by atoms with Crippen LogP contribution >= 0.6 is 0 Å². The second-order valence-corrected chi connectivity index (χ2v) is 6.53. The highest BCUT2D eigenvalue weighted by molar-refractivity contribution is 5.79. The average molecular weight is 326 g/mol. The molecule has 1 unspecified atom stereocenters. The van der Waals surface area contributed by atoms with E-state index >= 15 is 0 Å². The molecule has 6 heteroatoms. The van der Waals surface area contributed by atoms with Crippen LogP contribution < -0.4 is 0 Å². The summed E-state index contributed by atoms with van der Waals surface area (Å²) in [6.45, 7) is 2.43. The normalized spacial score (nSPS) is 24.8. The molecule has 2 heterocycles. The average Bonchev–Trinajstić information content (AvgIpc) is 2.97. The van der Waals surface area contributed by atoms with E-state index in [1.165, 1.54) is 12.1 Å². The molecule has 1 aromatic carbocycles. The summed E-state index contributed by atoms with van der Waals surface area (Å²) in [5.74, 6) is -2.99. The number of nitrogens with zero attached hydrogens (tertiary/aromatic N) is 2. The molecule has 3 rings (SSSR count). The Balaban J connectivity index is 1.51. The van der Waals surface area contributed by atoms with Gasteiger partial charge >= 0.3 is 0 Å². The van der Waals surface area contributed by atoms with Crippen molar-refractivity contribution in [2.45, 2.75) is 31.7 Å². The van der Waals surface area contributed by atoms with E-state index in [1.807, 2.05) is 0 Å². The van der Waals surface area contributed by atoms with Crippen LogP contribution in [-0.2, 0) is 11.3 Å². The van der Waals surface area contributed by atoms with Crippen LogP contribution in [0, 0.1) is 11.7 Å². The standard InChI is InChI=1S/C17H21F3N2O/c18-15-3-1-13(2-4-15)11-21-8-5-14(12-21)16(23)22-9-6-17(19,20)7-10-22/h1-4,14H,5-12H2. The number of rotatable bonds is 3. The van der Waals surface area contributed by atoms with Gasteiger partial charge in [-0.15, -0.1) is 0 Å². The zero-order valence-electron chi connectivity index (χ0n) is 13.0. The molecule has 0 N–H and O–H groups in total. The largest absolute Gasteiger partial charge is 0.342 e. The Hall–Kier alpha value is -1.56. The molecule has 0 radical (unpaired) electrons. The molecule has 0 aliphatic carbocycles. The Kier molecular flexibility index (Phi) is 4.62. The predicted octanol–water partition coefficient (Wildman–Crippen LogP) is 2.91. The van der Waals surface area contributed by atoms with Gasteiger partial charge in [0.25, 0.3) is 5.92 Å². The van der Waals surface area contributed by atoms with Crippen LogP contribution in [-0.4, -0.2) is 47.8 Å². The lowest BCUT2D eigenvalue weighted by molar-refractivity contribution is -0.141. The summed E-state index contributed by atoms with van der Waals surface area (Å²) in [5, 5.41) is 0. The molecule has 126 valence electrons. The van der Waals surface area contributed by atoms with Crippen molar-refractivity contribution >= 4 is 5.91 Å². The molecule has 0 bridgehead atoms. The number of amides is 1. The number of halogens is 3. The van der Waals surface area contributed by atoms with Gasteiger partial charge in [0.2, 0.25) is 5.91 Å². The van der Waals surface area contributed by atoms with E-state index in [0.29, 0.717) is 13.1 Å². The van der Waals surface area contributed by atoms with Crippen molar-refractivity contribution in [2.24, 2.45) is 5.92 Å². The first kappa shape index (κ1) is 16.3. The molecular formula is C17H21F3N2O. The SMILES string of the molecule is O=C(C1CCN(Cc2ccc(F)cc2)C1)N1CCC(F)(F)CC1. The van der Waals surface area contributed by atoms with Gasteiger partial charge in [-0.25, -0.2) is 13.2 Å². The molecule has 2 fully saturated rings. The van der Waals surface area contributed by atoms with Gasteiger partial charge in [-0.2, -0.15) is 0 Å². The lowest BCUT2D eigenvalue weighted by Gasteiger charge is -2.33. The summed E-state index contributed by atoms with van der Waals surface area (Å²) in [6, 6.07) is 6.36. The van der Waals surface area contributed by atoms with E-state index in [1.54, 1.807) is 17.0 Å². The maximum Gasteiger partial charge on any atom is 0.251 e. The Morgan fingerprint density at radius 2 is 1.78 bits per heavy atom. The first-order chi connectivity index (χ1) is 10.9. The summed E-state index contributed by atoms with van der Waals surface area (Å²) >= 11 is 0. The van der Waals surface area contributed by atoms with Crippen LogP contribution in [0.1, 0.15) is 24.8 Å². The molecule has 2 aliphatic rings. The molecule has 0 saturated carbocycles. The molecule has 2 aliphatic heterocycles. The van der Waals surface area contributed by atoms with Crippen molar-refractivity contribution in [1.82, 2.24) is 9.80 Å². The number of likely N-dealkylation sites (tertiary alicyclic amines) is 2. The van der Waals surface area contributed by atoms with Gasteiger partial charge in [0.05, 0.1) is 5.92 Å². The second-order valence-electron chi connectivity index (χ2n) is 6.53. The van der Waals surface area contributed by atoms with Crippen LogP contribution in [0.25, 0.3) is 0 Å². The van der Waals surface area contributed by atoms with Gasteiger partial charge in [-0.3, -0.25) is 9.69 Å². The van der Waals surface area contributed by atoms with Gasteiger partial charge in [0.15, 0.2) is 0 Å².